The fraction of sp³-hybridized carbons (Fsp3) is 0.625. The maximum Gasteiger partial charge on any atom is 0.407 e. The number of hydrogen-bond donors (Lipinski definition) is 2. The van der Waals surface area contributed by atoms with Crippen LogP contribution in [0.2, 0.25) is 5.02 Å². The van der Waals surface area contributed by atoms with E-state index in [1.807, 2.05) is 27.7 Å². The fourth-order valence-corrected chi connectivity index (χ4v) is 4.10. The summed E-state index contributed by atoms with van der Waals surface area (Å²) in [6.07, 6.45) is 10.2. The molecule has 34 heavy (non-hydrogen) atoms. The molecule has 1 unspecified atom stereocenters. The summed E-state index contributed by atoms with van der Waals surface area (Å²) in [5.74, 6) is 0.674. The second-order valence-corrected chi connectivity index (χ2v) is 10.00. The molecule has 9 nitrogen and oxygen atoms in total. The molecule has 2 N–H and O–H groups in total. The predicted octanol–water partition coefficient (Wildman–Crippen LogP) is 4.51. The monoisotopic (exact) mass is 489 g/mol. The highest BCUT2D eigenvalue weighted by atomic mass is 35.5. The lowest BCUT2D eigenvalue weighted by molar-refractivity contribution is 0.0526. The lowest BCUT2D eigenvalue weighted by atomic mass is 9.97. The molecule has 1 aliphatic rings. The van der Waals surface area contributed by atoms with Crippen molar-refractivity contribution >= 4 is 17.7 Å². The minimum absolute atomic E-state index is 0.295. The Bertz CT molecular complexity index is 984. The van der Waals surface area contributed by atoms with Crippen LogP contribution in [-0.4, -0.2) is 50.0 Å². The van der Waals surface area contributed by atoms with E-state index in [1.54, 1.807) is 16.9 Å². The second-order valence-electron chi connectivity index (χ2n) is 9.59. The minimum atomic E-state index is -0.526. The molecular formula is C24H36ClN7O2. The number of hydrogen-bond acceptors (Lipinski definition) is 7. The molecule has 0 bridgehead atoms. The Morgan fingerprint density at radius 1 is 1.29 bits per heavy atom. The van der Waals surface area contributed by atoms with Gasteiger partial charge in [-0.05, 0) is 94.8 Å². The van der Waals surface area contributed by atoms with Crippen LogP contribution in [0.3, 0.4) is 0 Å². The maximum absolute atomic E-state index is 11.9. The summed E-state index contributed by atoms with van der Waals surface area (Å²) in [6.45, 7) is 9.26. The van der Waals surface area contributed by atoms with E-state index in [4.69, 9.17) is 16.3 Å². The van der Waals surface area contributed by atoms with Crippen molar-refractivity contribution < 1.29 is 9.53 Å². The van der Waals surface area contributed by atoms with Crippen LogP contribution in [0, 0.1) is 6.92 Å². The number of aryl methyl sites for hydroxylation is 1. The van der Waals surface area contributed by atoms with Gasteiger partial charge in [-0.25, -0.2) is 9.48 Å². The second kappa shape index (κ2) is 12.3. The highest BCUT2D eigenvalue weighted by Gasteiger charge is 2.25. The van der Waals surface area contributed by atoms with Crippen molar-refractivity contribution in [3.63, 3.8) is 0 Å². The number of carbonyl (C=O) groups excluding carboxylic acids is 1. The molecule has 2 heterocycles. The maximum atomic E-state index is 11.9. The van der Waals surface area contributed by atoms with E-state index in [0.29, 0.717) is 30.4 Å². The van der Waals surface area contributed by atoms with E-state index in [1.165, 1.54) is 31.3 Å². The zero-order valence-electron chi connectivity index (χ0n) is 20.6. The number of nitrogens with one attached hydrogen (secondary N) is 2. The Morgan fingerprint density at radius 3 is 2.85 bits per heavy atom. The third-order valence-electron chi connectivity index (χ3n) is 5.66. The predicted molar refractivity (Wildman–Crippen MR) is 132 cm³/mol. The Labute approximate surface area is 206 Å². The van der Waals surface area contributed by atoms with Gasteiger partial charge in [-0.3, -0.25) is 4.98 Å². The fourth-order valence-electron chi connectivity index (χ4n) is 3.95. The highest BCUT2D eigenvalue weighted by Crippen LogP contribution is 2.26. The van der Waals surface area contributed by atoms with Crippen LogP contribution in [-0.2, 0) is 11.3 Å². The number of rotatable bonds is 10. The van der Waals surface area contributed by atoms with Crippen molar-refractivity contribution in [2.45, 2.75) is 84.4 Å². The number of aromatic nitrogens is 5. The molecule has 186 valence electrons. The molecular weight excluding hydrogens is 454 g/mol. The van der Waals surface area contributed by atoms with Gasteiger partial charge in [-0.1, -0.05) is 23.3 Å². The molecule has 0 spiro atoms. The van der Waals surface area contributed by atoms with Crippen LogP contribution in [0.4, 0.5) is 4.79 Å². The van der Waals surface area contributed by atoms with Crippen molar-refractivity contribution in [2.24, 2.45) is 0 Å². The van der Waals surface area contributed by atoms with Crippen molar-refractivity contribution in [3.05, 3.63) is 46.0 Å². The normalized spacial score (nSPS) is 15.0. The summed E-state index contributed by atoms with van der Waals surface area (Å²) in [6, 6.07) is 1.49. The van der Waals surface area contributed by atoms with Gasteiger partial charge in [0.2, 0.25) is 0 Å². The summed E-state index contributed by atoms with van der Waals surface area (Å²) < 4.78 is 7.04. The Morgan fingerprint density at radius 2 is 2.12 bits per heavy atom. The zero-order valence-corrected chi connectivity index (χ0v) is 21.4. The van der Waals surface area contributed by atoms with Gasteiger partial charge in [0.25, 0.3) is 0 Å². The molecule has 0 fully saturated rings. The zero-order chi connectivity index (χ0) is 24.6. The molecule has 10 heteroatoms. The lowest BCUT2D eigenvalue weighted by Gasteiger charge is -2.21. The first-order chi connectivity index (χ1) is 16.2. The van der Waals surface area contributed by atoms with Gasteiger partial charge in [0.15, 0.2) is 5.82 Å². The van der Waals surface area contributed by atoms with Gasteiger partial charge in [-0.15, -0.1) is 5.10 Å². The van der Waals surface area contributed by atoms with Crippen LogP contribution in [0.25, 0.3) is 0 Å². The average molecular weight is 490 g/mol. The molecule has 0 aromatic carbocycles. The molecule has 0 radical (unpaired) electrons. The summed E-state index contributed by atoms with van der Waals surface area (Å²) in [5, 5.41) is 19.5. The number of carbonyl (C=O) groups is 1. The highest BCUT2D eigenvalue weighted by molar-refractivity contribution is 6.31. The molecule has 3 rings (SSSR count). The van der Waals surface area contributed by atoms with Gasteiger partial charge >= 0.3 is 6.09 Å². The molecule has 0 saturated carbocycles. The average Bonchev–Trinajstić information content (AvgIpc) is 3.24. The Balaban J connectivity index is 1.67. The quantitative estimate of drug-likeness (QED) is 0.373. The third-order valence-corrected chi connectivity index (χ3v) is 6.07. The largest absolute Gasteiger partial charge is 0.444 e. The van der Waals surface area contributed by atoms with Crippen LogP contribution in [0.1, 0.15) is 82.4 Å². The van der Waals surface area contributed by atoms with Crippen molar-refractivity contribution in [1.82, 2.24) is 35.8 Å². The molecule has 0 aliphatic heterocycles. The molecule has 1 amide bonds. The third kappa shape index (κ3) is 7.77. The number of pyridine rings is 1. The van der Waals surface area contributed by atoms with E-state index >= 15 is 0 Å². The van der Waals surface area contributed by atoms with Crippen molar-refractivity contribution in [3.8, 4) is 0 Å². The number of amides is 1. The van der Waals surface area contributed by atoms with Gasteiger partial charge in [0, 0.05) is 24.3 Å². The standard InChI is InChI=1S/C24H36ClN7O2/c1-17-19(25)12-15-26-20(17)21(27-14-11-18-9-6-5-7-10-18)22-29-30-31-32(22)16-8-13-28-23(33)34-24(2,3)4/h9,12,15,21,27H,5-8,10-11,13-14,16H2,1-4H3,(H,28,33). The van der Waals surface area contributed by atoms with Crippen LogP contribution in [0.5, 0.6) is 0 Å². The number of nitrogens with zero attached hydrogens (tertiary/aromatic N) is 5. The first-order valence-corrected chi connectivity index (χ1v) is 12.4. The Kier molecular flexibility index (Phi) is 9.41. The summed E-state index contributed by atoms with van der Waals surface area (Å²) in [5.41, 5.74) is 2.69. The van der Waals surface area contributed by atoms with Crippen molar-refractivity contribution in [2.75, 3.05) is 13.1 Å². The summed E-state index contributed by atoms with van der Waals surface area (Å²) in [7, 11) is 0. The first-order valence-electron chi connectivity index (χ1n) is 12.0. The first kappa shape index (κ1) is 26.1. The number of ether oxygens (including phenoxy) is 1. The van der Waals surface area contributed by atoms with Crippen LogP contribution in [0.15, 0.2) is 23.9 Å². The van der Waals surface area contributed by atoms with Crippen molar-refractivity contribution in [1.29, 1.82) is 0 Å². The number of tetrazole rings is 1. The van der Waals surface area contributed by atoms with Gasteiger partial charge in [0.1, 0.15) is 11.6 Å². The number of allylic oxidation sites excluding steroid dienone is 1. The molecule has 2 aromatic rings. The smallest absolute Gasteiger partial charge is 0.407 e. The minimum Gasteiger partial charge on any atom is -0.444 e. The summed E-state index contributed by atoms with van der Waals surface area (Å²) in [4.78, 5) is 16.5. The van der Waals surface area contributed by atoms with Gasteiger partial charge in [0.05, 0.1) is 5.69 Å². The summed E-state index contributed by atoms with van der Waals surface area (Å²) >= 11 is 6.41. The molecule has 0 saturated heterocycles. The van der Waals surface area contributed by atoms with Crippen LogP contribution < -0.4 is 10.6 Å². The molecule has 1 atom stereocenters. The Hall–Kier alpha value is -2.52. The number of alkyl carbamates (subject to hydrolysis) is 1. The molecule has 2 aromatic heterocycles. The molecule has 1 aliphatic carbocycles. The lowest BCUT2D eigenvalue weighted by Crippen LogP contribution is -2.33. The van der Waals surface area contributed by atoms with E-state index in [2.05, 4.69) is 37.2 Å². The SMILES string of the molecule is Cc1c(Cl)ccnc1C(NCCC1=CCCCC1)c1nnnn1CCCNC(=O)OC(C)(C)C. The van der Waals surface area contributed by atoms with E-state index < -0.39 is 11.7 Å². The number of halogens is 1. The van der Waals surface area contributed by atoms with Gasteiger partial charge < -0.3 is 15.4 Å². The van der Waals surface area contributed by atoms with E-state index in [-0.39, 0.29) is 6.04 Å². The van der Waals surface area contributed by atoms with E-state index in [0.717, 1.165) is 24.2 Å². The topological polar surface area (TPSA) is 107 Å². The van der Waals surface area contributed by atoms with Crippen LogP contribution >= 0.6 is 11.6 Å². The van der Waals surface area contributed by atoms with E-state index in [9.17, 15) is 4.79 Å². The van der Waals surface area contributed by atoms with Gasteiger partial charge in [-0.2, -0.15) is 0 Å².